The van der Waals surface area contributed by atoms with Crippen molar-refractivity contribution < 1.29 is 9.31 Å². The van der Waals surface area contributed by atoms with E-state index >= 15 is 0 Å². The van der Waals surface area contributed by atoms with E-state index in [0.717, 1.165) is 12.8 Å². The molecule has 1 aliphatic heterocycles. The molecule has 2 aromatic rings. The van der Waals surface area contributed by atoms with E-state index in [-0.39, 0.29) is 18.3 Å². The normalized spacial score (nSPS) is 20.4. The molecule has 3 heteroatoms. The van der Waals surface area contributed by atoms with Gasteiger partial charge in [-0.25, -0.2) is 0 Å². The molecule has 150 valence electrons. The van der Waals surface area contributed by atoms with Crippen LogP contribution in [-0.2, 0) is 22.2 Å². The van der Waals surface area contributed by atoms with Crippen LogP contribution < -0.4 is 5.46 Å². The Morgan fingerprint density at radius 1 is 0.724 bits per heavy atom. The Bertz CT molecular complexity index is 982. The van der Waals surface area contributed by atoms with E-state index in [0.29, 0.717) is 0 Å². The average molecular weight is 386 g/mol. The van der Waals surface area contributed by atoms with E-state index < -0.39 is 0 Å². The monoisotopic (exact) mass is 386 g/mol. The fourth-order valence-electron chi connectivity index (χ4n) is 4.20. The fraction of sp³-hybridized carbons (Fsp3) is 0.385. The minimum absolute atomic E-state index is 0.251. The number of hydrogen-bond donors (Lipinski definition) is 0. The lowest BCUT2D eigenvalue weighted by Crippen LogP contribution is -2.41. The standard InChI is InChI=1S/C16H21BO2.C10H10/c1-11-9-12-7-6-8-14(13(12)10-11)17-18-15(2,3)16(4,5)19-17;1-8-6-9-4-2-3-5-10(9)7-8/h6-9H,10H2,1-5H3;2-6H,7H2,1H3. The van der Waals surface area contributed by atoms with E-state index in [1.165, 1.54) is 38.9 Å². The predicted octanol–water partition coefficient (Wildman–Crippen LogP) is 5.59. The smallest absolute Gasteiger partial charge is 0.399 e. The van der Waals surface area contributed by atoms with Crippen LogP contribution in [0.15, 0.2) is 53.6 Å². The Kier molecular flexibility index (Phi) is 5.08. The first-order chi connectivity index (χ1) is 13.7. The Hall–Kier alpha value is -2.10. The van der Waals surface area contributed by atoms with Gasteiger partial charge in [-0.05, 0) is 82.1 Å². The maximum absolute atomic E-state index is 6.17. The first-order valence-electron chi connectivity index (χ1n) is 10.6. The maximum Gasteiger partial charge on any atom is 0.495 e. The van der Waals surface area contributed by atoms with E-state index in [4.69, 9.17) is 9.31 Å². The summed E-state index contributed by atoms with van der Waals surface area (Å²) in [6.07, 6.45) is 6.67. The third-order valence-electron chi connectivity index (χ3n) is 6.54. The van der Waals surface area contributed by atoms with Gasteiger partial charge < -0.3 is 9.31 Å². The van der Waals surface area contributed by atoms with Crippen LogP contribution in [0.5, 0.6) is 0 Å². The molecule has 0 bridgehead atoms. The summed E-state index contributed by atoms with van der Waals surface area (Å²) >= 11 is 0. The predicted molar refractivity (Wildman–Crippen MR) is 123 cm³/mol. The summed E-state index contributed by atoms with van der Waals surface area (Å²) in [5.41, 5.74) is 9.05. The van der Waals surface area contributed by atoms with E-state index in [9.17, 15) is 0 Å². The molecule has 1 fully saturated rings. The Labute approximate surface area is 175 Å². The highest BCUT2D eigenvalue weighted by atomic mass is 16.7. The number of fused-ring (bicyclic) bond motifs is 2. The van der Waals surface area contributed by atoms with E-state index in [2.05, 4.69) is 96.2 Å². The average Bonchev–Trinajstić information content (AvgIpc) is 3.26. The summed E-state index contributed by atoms with van der Waals surface area (Å²) in [6.45, 7) is 12.7. The largest absolute Gasteiger partial charge is 0.495 e. The lowest BCUT2D eigenvalue weighted by Gasteiger charge is -2.32. The van der Waals surface area contributed by atoms with Crippen molar-refractivity contribution in [3.8, 4) is 0 Å². The molecule has 0 saturated carbocycles. The van der Waals surface area contributed by atoms with Crippen LogP contribution in [0.4, 0.5) is 0 Å². The molecular formula is C26H31BO2. The summed E-state index contributed by atoms with van der Waals surface area (Å²) in [6, 6.07) is 15.0. The molecule has 5 rings (SSSR count). The second-order valence-electron chi connectivity index (χ2n) is 9.54. The molecule has 29 heavy (non-hydrogen) atoms. The van der Waals surface area contributed by atoms with Crippen LogP contribution in [-0.4, -0.2) is 18.3 Å². The summed E-state index contributed by atoms with van der Waals surface area (Å²) in [5, 5.41) is 0. The highest BCUT2D eigenvalue weighted by molar-refractivity contribution is 6.62. The van der Waals surface area contributed by atoms with Crippen molar-refractivity contribution in [1.29, 1.82) is 0 Å². The molecular weight excluding hydrogens is 355 g/mol. The molecule has 0 atom stereocenters. The summed E-state index contributed by atoms with van der Waals surface area (Å²) in [7, 11) is -0.251. The second kappa shape index (κ2) is 7.30. The number of allylic oxidation sites excluding steroid dienone is 2. The van der Waals surface area contributed by atoms with Crippen molar-refractivity contribution in [1.82, 2.24) is 0 Å². The highest BCUT2D eigenvalue weighted by Gasteiger charge is 2.52. The summed E-state index contributed by atoms with van der Waals surface area (Å²) in [5.74, 6) is 0. The number of benzene rings is 2. The van der Waals surface area contributed by atoms with Gasteiger partial charge in [0.2, 0.25) is 0 Å². The molecule has 2 nitrogen and oxygen atoms in total. The molecule has 1 heterocycles. The van der Waals surface area contributed by atoms with E-state index in [1.54, 1.807) is 0 Å². The first kappa shape index (κ1) is 20.2. The molecule has 2 aliphatic carbocycles. The van der Waals surface area contributed by atoms with Gasteiger partial charge in [0.1, 0.15) is 0 Å². The quantitative estimate of drug-likeness (QED) is 0.595. The van der Waals surface area contributed by atoms with Crippen molar-refractivity contribution in [2.75, 3.05) is 0 Å². The molecule has 0 amide bonds. The van der Waals surface area contributed by atoms with Gasteiger partial charge in [-0.15, -0.1) is 0 Å². The Morgan fingerprint density at radius 2 is 1.31 bits per heavy atom. The zero-order valence-electron chi connectivity index (χ0n) is 18.5. The Balaban J connectivity index is 0.000000171. The molecule has 1 saturated heterocycles. The molecule has 0 aromatic heterocycles. The van der Waals surface area contributed by atoms with Crippen LogP contribution in [0, 0.1) is 0 Å². The lowest BCUT2D eigenvalue weighted by atomic mass is 9.74. The van der Waals surface area contributed by atoms with Gasteiger partial charge in [0, 0.05) is 0 Å². The molecule has 0 spiro atoms. The zero-order chi connectivity index (χ0) is 20.8. The van der Waals surface area contributed by atoms with Gasteiger partial charge in [-0.2, -0.15) is 0 Å². The van der Waals surface area contributed by atoms with Crippen LogP contribution in [0.25, 0.3) is 12.2 Å². The van der Waals surface area contributed by atoms with Crippen molar-refractivity contribution in [3.05, 3.63) is 75.9 Å². The summed E-state index contributed by atoms with van der Waals surface area (Å²) < 4.78 is 12.3. The minimum atomic E-state index is -0.276. The number of hydrogen-bond acceptors (Lipinski definition) is 2. The molecule has 0 N–H and O–H groups in total. The molecule has 0 unspecified atom stereocenters. The van der Waals surface area contributed by atoms with Gasteiger partial charge in [0.05, 0.1) is 11.2 Å². The van der Waals surface area contributed by atoms with Gasteiger partial charge in [0.15, 0.2) is 0 Å². The topological polar surface area (TPSA) is 18.5 Å². The molecule has 2 aromatic carbocycles. The SMILES string of the molecule is CC1=Cc2cccc(B3OC(C)(C)C(C)(C)O3)c2C1.CC1=Cc2ccccc2C1. The minimum Gasteiger partial charge on any atom is -0.399 e. The van der Waals surface area contributed by atoms with Crippen molar-refractivity contribution >= 4 is 24.7 Å². The van der Waals surface area contributed by atoms with E-state index in [1.807, 2.05) is 0 Å². The maximum atomic E-state index is 6.17. The van der Waals surface area contributed by atoms with Crippen LogP contribution in [0.3, 0.4) is 0 Å². The first-order valence-corrected chi connectivity index (χ1v) is 10.6. The van der Waals surface area contributed by atoms with Crippen LogP contribution in [0.2, 0.25) is 0 Å². The van der Waals surface area contributed by atoms with Crippen LogP contribution in [0.1, 0.15) is 63.8 Å². The highest BCUT2D eigenvalue weighted by Crippen LogP contribution is 2.37. The third kappa shape index (κ3) is 3.86. The Morgan fingerprint density at radius 3 is 2.00 bits per heavy atom. The van der Waals surface area contributed by atoms with Gasteiger partial charge >= 0.3 is 7.12 Å². The molecule has 3 aliphatic rings. The van der Waals surface area contributed by atoms with Gasteiger partial charge in [-0.1, -0.05) is 65.8 Å². The zero-order valence-corrected chi connectivity index (χ0v) is 18.5. The van der Waals surface area contributed by atoms with Crippen LogP contribution >= 0.6 is 0 Å². The van der Waals surface area contributed by atoms with Crippen molar-refractivity contribution in [2.45, 2.75) is 65.6 Å². The van der Waals surface area contributed by atoms with Gasteiger partial charge in [0.25, 0.3) is 0 Å². The van der Waals surface area contributed by atoms with Crippen molar-refractivity contribution in [2.24, 2.45) is 0 Å². The van der Waals surface area contributed by atoms with Gasteiger partial charge in [-0.3, -0.25) is 0 Å². The fourth-order valence-corrected chi connectivity index (χ4v) is 4.20. The van der Waals surface area contributed by atoms with Crippen molar-refractivity contribution in [3.63, 3.8) is 0 Å². The third-order valence-corrected chi connectivity index (χ3v) is 6.54. The second-order valence-corrected chi connectivity index (χ2v) is 9.54. The summed E-state index contributed by atoms with van der Waals surface area (Å²) in [4.78, 5) is 0. The lowest BCUT2D eigenvalue weighted by molar-refractivity contribution is 0.00578. The number of rotatable bonds is 1. The molecule has 0 radical (unpaired) electrons.